The van der Waals surface area contributed by atoms with Crippen molar-refractivity contribution < 1.29 is 13.2 Å². The van der Waals surface area contributed by atoms with Gasteiger partial charge in [0.1, 0.15) is 11.1 Å². The van der Waals surface area contributed by atoms with E-state index in [9.17, 15) is 18.4 Å². The molecule has 2 heterocycles. The highest BCUT2D eigenvalue weighted by Gasteiger charge is 2.37. The second-order valence-corrected chi connectivity index (χ2v) is 7.20. The smallest absolute Gasteiger partial charge is 0.265 e. The van der Waals surface area contributed by atoms with Crippen LogP contribution in [0.5, 0.6) is 0 Å². The molecule has 0 saturated heterocycles. The van der Waals surface area contributed by atoms with Crippen LogP contribution < -0.4 is 0 Å². The van der Waals surface area contributed by atoms with Crippen molar-refractivity contribution in [3.8, 4) is 6.07 Å². The quantitative estimate of drug-likeness (QED) is 0.734. The first kappa shape index (κ1) is 18.3. The van der Waals surface area contributed by atoms with Gasteiger partial charge in [0.2, 0.25) is 0 Å². The molecule has 0 fully saturated rings. The molecule has 2 rings (SSSR count). The van der Waals surface area contributed by atoms with E-state index in [1.54, 1.807) is 51.4 Å². The van der Waals surface area contributed by atoms with Crippen LogP contribution in [0.15, 0.2) is 35.6 Å². The molecule has 2 aromatic heterocycles. The first-order valence-corrected chi connectivity index (χ1v) is 8.16. The van der Waals surface area contributed by atoms with Crippen LogP contribution in [0, 0.1) is 11.3 Å². The van der Waals surface area contributed by atoms with Gasteiger partial charge in [-0.15, -0.1) is 11.8 Å². The summed E-state index contributed by atoms with van der Waals surface area (Å²) in [6.45, 7) is 5.37. The van der Waals surface area contributed by atoms with Crippen molar-refractivity contribution >= 4 is 11.8 Å². The Morgan fingerprint density at radius 1 is 1.17 bits per heavy atom. The molecular formula is C17H16F3N3S. The molecule has 0 radical (unpaired) electrons. The van der Waals surface area contributed by atoms with E-state index in [0.29, 0.717) is 11.4 Å². The zero-order chi connectivity index (χ0) is 18.0. The number of hydrogen-bond acceptors (Lipinski definition) is 4. The zero-order valence-corrected chi connectivity index (χ0v) is 14.3. The van der Waals surface area contributed by atoms with E-state index in [4.69, 9.17) is 0 Å². The Kier molecular flexibility index (Phi) is 5.19. The normalized spacial score (nSPS) is 12.0. The lowest BCUT2D eigenvalue weighted by Crippen LogP contribution is -2.18. The average Bonchev–Trinajstić information content (AvgIpc) is 2.51. The molecule has 24 heavy (non-hydrogen) atoms. The van der Waals surface area contributed by atoms with Crippen molar-refractivity contribution in [2.75, 3.05) is 0 Å². The molecule has 0 aromatic carbocycles. The monoisotopic (exact) mass is 351 g/mol. The maximum atomic E-state index is 13.4. The minimum absolute atomic E-state index is 0.106. The molecule has 0 aliphatic heterocycles. The number of nitriles is 1. The molecule has 0 aliphatic rings. The van der Waals surface area contributed by atoms with Gasteiger partial charge in [-0.25, -0.2) is 4.98 Å². The van der Waals surface area contributed by atoms with Gasteiger partial charge in [0, 0.05) is 29.3 Å². The topological polar surface area (TPSA) is 49.6 Å². The third-order valence-electron chi connectivity index (χ3n) is 3.30. The number of thioether (sulfide) groups is 1. The number of pyridine rings is 2. The van der Waals surface area contributed by atoms with E-state index in [0.717, 1.165) is 23.4 Å². The third kappa shape index (κ3) is 4.26. The van der Waals surface area contributed by atoms with Crippen molar-refractivity contribution in [2.45, 2.75) is 43.1 Å². The Bertz CT molecular complexity index is 760. The van der Waals surface area contributed by atoms with Gasteiger partial charge >= 0.3 is 6.18 Å². The van der Waals surface area contributed by atoms with Crippen LogP contribution in [0.25, 0.3) is 0 Å². The Morgan fingerprint density at radius 2 is 1.79 bits per heavy atom. The second kappa shape index (κ2) is 6.81. The lowest BCUT2D eigenvalue weighted by atomic mass is 9.90. The molecule has 0 amide bonds. The third-order valence-corrected chi connectivity index (χ3v) is 4.34. The van der Waals surface area contributed by atoms with Gasteiger partial charge in [0.15, 0.2) is 0 Å². The largest absolute Gasteiger partial charge is 0.417 e. The van der Waals surface area contributed by atoms with E-state index >= 15 is 0 Å². The van der Waals surface area contributed by atoms with Crippen LogP contribution in [0.4, 0.5) is 13.2 Å². The van der Waals surface area contributed by atoms with E-state index in [1.807, 2.05) is 0 Å². The van der Waals surface area contributed by atoms with Gasteiger partial charge in [-0.05, 0) is 23.8 Å². The molecule has 126 valence electrons. The number of alkyl halides is 3. The van der Waals surface area contributed by atoms with Crippen molar-refractivity contribution in [3.05, 3.63) is 53.0 Å². The molecule has 0 spiro atoms. The summed E-state index contributed by atoms with van der Waals surface area (Å²) in [4.78, 5) is 8.23. The fourth-order valence-electron chi connectivity index (χ4n) is 1.97. The first-order chi connectivity index (χ1) is 11.1. The Morgan fingerprint density at radius 3 is 2.29 bits per heavy atom. The van der Waals surface area contributed by atoms with Crippen LogP contribution in [-0.2, 0) is 17.3 Å². The highest BCUT2D eigenvalue weighted by atomic mass is 32.2. The highest BCUT2D eigenvalue weighted by molar-refractivity contribution is 7.98. The fourth-order valence-corrected chi connectivity index (χ4v) is 2.93. The minimum atomic E-state index is -4.60. The molecule has 0 bridgehead atoms. The molecule has 0 saturated carbocycles. The fraction of sp³-hybridized carbons (Fsp3) is 0.353. The predicted octanol–water partition coefficient (Wildman–Crippen LogP) is 4.96. The standard InChI is InChI=1S/C17H16F3N3S/c1-16(2,3)14-8-13(17(18,19)20)12(9-21)15(23-14)24-10-11-4-6-22-7-5-11/h4-8H,10H2,1-3H3. The molecule has 0 aliphatic carbocycles. The van der Waals surface area contributed by atoms with Gasteiger partial charge in [0.25, 0.3) is 0 Å². The van der Waals surface area contributed by atoms with Crippen LogP contribution in [0.3, 0.4) is 0 Å². The minimum Gasteiger partial charge on any atom is -0.265 e. The summed E-state index contributed by atoms with van der Waals surface area (Å²) in [5.41, 5.74) is -0.696. The number of aromatic nitrogens is 2. The van der Waals surface area contributed by atoms with E-state index < -0.39 is 22.7 Å². The second-order valence-electron chi connectivity index (χ2n) is 6.24. The average molecular weight is 351 g/mol. The molecular weight excluding hydrogens is 335 g/mol. The van der Waals surface area contributed by atoms with Crippen LogP contribution in [0.2, 0.25) is 0 Å². The van der Waals surface area contributed by atoms with E-state index in [-0.39, 0.29) is 5.03 Å². The van der Waals surface area contributed by atoms with Crippen molar-refractivity contribution in [1.29, 1.82) is 5.26 Å². The SMILES string of the molecule is CC(C)(C)c1cc(C(F)(F)F)c(C#N)c(SCc2ccncc2)n1. The number of hydrogen-bond donors (Lipinski definition) is 0. The summed E-state index contributed by atoms with van der Waals surface area (Å²) in [7, 11) is 0. The Balaban J connectivity index is 2.50. The van der Waals surface area contributed by atoms with E-state index in [1.165, 1.54) is 0 Å². The van der Waals surface area contributed by atoms with Crippen molar-refractivity contribution in [2.24, 2.45) is 0 Å². The summed E-state index contributed by atoms with van der Waals surface area (Å²) in [5, 5.41) is 9.35. The van der Waals surface area contributed by atoms with Crippen molar-refractivity contribution in [3.63, 3.8) is 0 Å². The summed E-state index contributed by atoms with van der Waals surface area (Å²) in [5.74, 6) is 0.412. The number of rotatable bonds is 3. The lowest BCUT2D eigenvalue weighted by Gasteiger charge is -2.21. The molecule has 0 unspecified atom stereocenters. The van der Waals surface area contributed by atoms with Gasteiger partial charge in [-0.1, -0.05) is 20.8 Å². The molecule has 3 nitrogen and oxygen atoms in total. The van der Waals surface area contributed by atoms with Gasteiger partial charge in [0.05, 0.1) is 11.1 Å². The number of nitrogens with zero attached hydrogens (tertiary/aromatic N) is 3. The summed E-state index contributed by atoms with van der Waals surface area (Å²) in [6, 6.07) is 6.20. The lowest BCUT2D eigenvalue weighted by molar-refractivity contribution is -0.138. The molecule has 7 heteroatoms. The highest BCUT2D eigenvalue weighted by Crippen LogP contribution is 2.38. The van der Waals surface area contributed by atoms with Gasteiger partial charge in [-0.2, -0.15) is 18.4 Å². The zero-order valence-electron chi connectivity index (χ0n) is 13.5. The first-order valence-electron chi connectivity index (χ1n) is 7.17. The summed E-state index contributed by atoms with van der Waals surface area (Å²) in [6.07, 6.45) is -1.37. The summed E-state index contributed by atoms with van der Waals surface area (Å²) < 4.78 is 40.1. The Hall–Kier alpha value is -2.07. The maximum absolute atomic E-state index is 13.4. The Labute approximate surface area is 142 Å². The maximum Gasteiger partial charge on any atom is 0.417 e. The van der Waals surface area contributed by atoms with Gasteiger partial charge in [-0.3, -0.25) is 4.98 Å². The van der Waals surface area contributed by atoms with Crippen molar-refractivity contribution in [1.82, 2.24) is 9.97 Å². The van der Waals surface area contributed by atoms with E-state index in [2.05, 4.69) is 9.97 Å². The predicted molar refractivity (Wildman–Crippen MR) is 86.5 cm³/mol. The molecule has 0 N–H and O–H groups in total. The van der Waals surface area contributed by atoms with Crippen LogP contribution in [-0.4, -0.2) is 9.97 Å². The van der Waals surface area contributed by atoms with Gasteiger partial charge < -0.3 is 0 Å². The number of halogens is 3. The summed E-state index contributed by atoms with van der Waals surface area (Å²) >= 11 is 1.12. The van der Waals surface area contributed by atoms with Crippen LogP contribution >= 0.6 is 11.8 Å². The molecule has 2 aromatic rings. The van der Waals surface area contributed by atoms with Crippen LogP contribution in [0.1, 0.15) is 43.2 Å². The molecule has 0 atom stereocenters.